The number of nitrogens with zero attached hydrogens (tertiary/aromatic N) is 1. The Kier molecular flexibility index (Phi) is 4.31. The van der Waals surface area contributed by atoms with Gasteiger partial charge in [0, 0.05) is 25.4 Å². The van der Waals surface area contributed by atoms with Gasteiger partial charge < -0.3 is 4.90 Å². The van der Waals surface area contributed by atoms with Gasteiger partial charge >= 0.3 is 0 Å². The van der Waals surface area contributed by atoms with Crippen LogP contribution in [-0.4, -0.2) is 30.7 Å². The summed E-state index contributed by atoms with van der Waals surface area (Å²) in [5, 5.41) is 0. The zero-order chi connectivity index (χ0) is 13.3. The minimum Gasteiger partial charge on any atom is -0.348 e. The molecule has 0 radical (unpaired) electrons. The molecule has 0 aliphatic rings. The summed E-state index contributed by atoms with van der Waals surface area (Å²) in [6, 6.07) is 0. The van der Waals surface area contributed by atoms with E-state index >= 15 is 0 Å². The highest BCUT2D eigenvalue weighted by molar-refractivity contribution is 5.94. The van der Waals surface area contributed by atoms with Crippen LogP contribution in [0.5, 0.6) is 0 Å². The summed E-state index contributed by atoms with van der Waals surface area (Å²) in [4.78, 5) is 25.8. The SMILES string of the molecule is CC(C)C(=O)C(C)(C)C(C)(C)C(=O)N(C)C. The summed E-state index contributed by atoms with van der Waals surface area (Å²) in [7, 11) is 3.44. The fourth-order valence-corrected chi connectivity index (χ4v) is 1.86. The molecule has 0 rings (SSSR count). The normalized spacial score (nSPS) is 12.8. The van der Waals surface area contributed by atoms with Crippen molar-refractivity contribution in [3.05, 3.63) is 0 Å². The molecule has 0 atom stereocenters. The molecule has 0 saturated heterocycles. The Morgan fingerprint density at radius 1 is 0.938 bits per heavy atom. The van der Waals surface area contributed by atoms with Crippen LogP contribution < -0.4 is 0 Å². The van der Waals surface area contributed by atoms with Crippen LogP contribution >= 0.6 is 0 Å². The van der Waals surface area contributed by atoms with Crippen molar-refractivity contribution in [1.82, 2.24) is 4.90 Å². The van der Waals surface area contributed by atoms with Crippen molar-refractivity contribution in [2.24, 2.45) is 16.7 Å². The Morgan fingerprint density at radius 3 is 1.56 bits per heavy atom. The molecule has 3 heteroatoms. The van der Waals surface area contributed by atoms with Gasteiger partial charge in [-0.25, -0.2) is 0 Å². The minimum absolute atomic E-state index is 0.00787. The molecule has 94 valence electrons. The van der Waals surface area contributed by atoms with Crippen LogP contribution in [0, 0.1) is 16.7 Å². The van der Waals surface area contributed by atoms with E-state index in [-0.39, 0.29) is 17.6 Å². The van der Waals surface area contributed by atoms with Crippen molar-refractivity contribution in [3.63, 3.8) is 0 Å². The first-order chi connectivity index (χ1) is 6.96. The van der Waals surface area contributed by atoms with Gasteiger partial charge in [0.15, 0.2) is 0 Å². The fourth-order valence-electron chi connectivity index (χ4n) is 1.86. The first-order valence-corrected chi connectivity index (χ1v) is 5.72. The second-order valence-corrected chi connectivity index (χ2v) is 5.97. The third-order valence-corrected chi connectivity index (χ3v) is 3.64. The van der Waals surface area contributed by atoms with Gasteiger partial charge in [-0.15, -0.1) is 0 Å². The van der Waals surface area contributed by atoms with Crippen molar-refractivity contribution >= 4 is 11.7 Å². The Morgan fingerprint density at radius 2 is 1.31 bits per heavy atom. The average Bonchev–Trinajstić information content (AvgIpc) is 2.14. The van der Waals surface area contributed by atoms with Crippen LogP contribution in [0.3, 0.4) is 0 Å². The summed E-state index contributed by atoms with van der Waals surface area (Å²) >= 11 is 0. The summed E-state index contributed by atoms with van der Waals surface area (Å²) in [6.45, 7) is 11.2. The Labute approximate surface area is 99.2 Å². The van der Waals surface area contributed by atoms with Gasteiger partial charge in [-0.05, 0) is 0 Å². The van der Waals surface area contributed by atoms with Crippen LogP contribution in [-0.2, 0) is 9.59 Å². The van der Waals surface area contributed by atoms with E-state index in [1.54, 1.807) is 19.0 Å². The van der Waals surface area contributed by atoms with Gasteiger partial charge in [0.25, 0.3) is 0 Å². The molecule has 0 spiro atoms. The molecule has 0 N–H and O–H groups in total. The van der Waals surface area contributed by atoms with E-state index in [0.29, 0.717) is 0 Å². The predicted molar refractivity (Wildman–Crippen MR) is 66.1 cm³/mol. The van der Waals surface area contributed by atoms with Crippen LogP contribution in [0.25, 0.3) is 0 Å². The number of amides is 1. The summed E-state index contributed by atoms with van der Waals surface area (Å²) in [5.74, 6) is 0.0726. The van der Waals surface area contributed by atoms with Gasteiger partial charge in [0.1, 0.15) is 5.78 Å². The Balaban J connectivity index is 5.29. The number of hydrogen-bond acceptors (Lipinski definition) is 2. The van der Waals surface area contributed by atoms with Crippen molar-refractivity contribution < 1.29 is 9.59 Å². The largest absolute Gasteiger partial charge is 0.348 e. The predicted octanol–water partition coefficient (Wildman–Crippen LogP) is 2.35. The van der Waals surface area contributed by atoms with Crippen LogP contribution in [0.4, 0.5) is 0 Å². The molecule has 3 nitrogen and oxygen atoms in total. The fraction of sp³-hybridized carbons (Fsp3) is 0.846. The molecule has 0 unspecified atom stereocenters. The first-order valence-electron chi connectivity index (χ1n) is 5.72. The molecule has 0 aromatic carbocycles. The summed E-state index contributed by atoms with van der Waals surface area (Å²) in [6.07, 6.45) is 0. The van der Waals surface area contributed by atoms with Crippen molar-refractivity contribution in [1.29, 1.82) is 0 Å². The maximum Gasteiger partial charge on any atom is 0.228 e. The van der Waals surface area contributed by atoms with Crippen LogP contribution in [0.1, 0.15) is 41.5 Å². The van der Waals surface area contributed by atoms with E-state index in [2.05, 4.69) is 0 Å². The number of carbonyl (C=O) groups is 2. The van der Waals surface area contributed by atoms with Gasteiger partial charge in [-0.3, -0.25) is 9.59 Å². The molecule has 0 bridgehead atoms. The second-order valence-electron chi connectivity index (χ2n) is 5.97. The summed E-state index contributed by atoms with van der Waals surface area (Å²) < 4.78 is 0. The van der Waals surface area contributed by atoms with Crippen LogP contribution in [0.15, 0.2) is 0 Å². The zero-order valence-electron chi connectivity index (χ0n) is 11.8. The first kappa shape index (κ1) is 15.1. The molecule has 0 aliphatic carbocycles. The molecule has 0 heterocycles. The lowest BCUT2D eigenvalue weighted by Crippen LogP contribution is -2.50. The van der Waals surface area contributed by atoms with E-state index in [1.807, 2.05) is 41.5 Å². The molecular formula is C13H25NO2. The lowest BCUT2D eigenvalue weighted by molar-refractivity contribution is -0.152. The molecule has 0 fully saturated rings. The van der Waals surface area contributed by atoms with E-state index in [4.69, 9.17) is 0 Å². The minimum atomic E-state index is -0.683. The van der Waals surface area contributed by atoms with Crippen molar-refractivity contribution in [2.45, 2.75) is 41.5 Å². The molecular weight excluding hydrogens is 202 g/mol. The molecule has 1 amide bonds. The average molecular weight is 227 g/mol. The van der Waals surface area contributed by atoms with Gasteiger partial charge in [-0.1, -0.05) is 41.5 Å². The Hall–Kier alpha value is -0.860. The highest BCUT2D eigenvalue weighted by Gasteiger charge is 2.48. The highest BCUT2D eigenvalue weighted by Crippen LogP contribution is 2.42. The Bertz CT molecular complexity index is 258. The third-order valence-electron chi connectivity index (χ3n) is 3.64. The zero-order valence-corrected chi connectivity index (χ0v) is 11.8. The number of rotatable bonds is 4. The third kappa shape index (κ3) is 2.45. The van der Waals surface area contributed by atoms with Crippen molar-refractivity contribution in [2.75, 3.05) is 14.1 Å². The highest BCUT2D eigenvalue weighted by atomic mass is 16.2. The quantitative estimate of drug-likeness (QED) is 0.739. The lowest BCUT2D eigenvalue weighted by atomic mass is 9.63. The molecule has 0 aromatic heterocycles. The number of carbonyl (C=O) groups excluding carboxylic acids is 2. The van der Waals surface area contributed by atoms with E-state index < -0.39 is 10.8 Å². The second kappa shape index (κ2) is 4.56. The summed E-state index contributed by atoms with van der Waals surface area (Å²) in [5.41, 5.74) is -1.33. The number of Topliss-reactive ketones (excluding diaryl/α,β-unsaturated/α-hetero) is 1. The smallest absolute Gasteiger partial charge is 0.228 e. The van der Waals surface area contributed by atoms with Gasteiger partial charge in [0.05, 0.1) is 5.41 Å². The molecule has 0 saturated carbocycles. The standard InChI is InChI=1S/C13H25NO2/c1-9(2)10(15)12(3,4)13(5,6)11(16)14(7)8/h9H,1-8H3. The maximum atomic E-state index is 12.2. The number of ketones is 1. The molecule has 16 heavy (non-hydrogen) atoms. The van der Waals surface area contributed by atoms with Crippen LogP contribution in [0.2, 0.25) is 0 Å². The topological polar surface area (TPSA) is 37.4 Å². The van der Waals surface area contributed by atoms with Gasteiger partial charge in [-0.2, -0.15) is 0 Å². The maximum absolute atomic E-state index is 12.2. The molecule has 0 aromatic rings. The van der Waals surface area contributed by atoms with Gasteiger partial charge in [0.2, 0.25) is 5.91 Å². The van der Waals surface area contributed by atoms with E-state index in [1.165, 1.54) is 0 Å². The van der Waals surface area contributed by atoms with E-state index in [9.17, 15) is 9.59 Å². The lowest BCUT2D eigenvalue weighted by Gasteiger charge is -2.41. The monoisotopic (exact) mass is 227 g/mol. The molecule has 0 aliphatic heterocycles. The number of hydrogen-bond donors (Lipinski definition) is 0. The van der Waals surface area contributed by atoms with E-state index in [0.717, 1.165) is 0 Å². The van der Waals surface area contributed by atoms with Crippen molar-refractivity contribution in [3.8, 4) is 0 Å².